The topological polar surface area (TPSA) is 58.1 Å². The highest BCUT2D eigenvalue weighted by Crippen LogP contribution is 2.26. The molecule has 3 aromatic rings. The summed E-state index contributed by atoms with van der Waals surface area (Å²) in [5.41, 5.74) is 1.49. The third kappa shape index (κ3) is 3.37. The largest absolute Gasteiger partial charge is 0.350 e. The number of nitrogens with one attached hydrogen (secondary N) is 1. The molecule has 26 heavy (non-hydrogen) atoms. The third-order valence-corrected chi connectivity index (χ3v) is 5.18. The zero-order chi connectivity index (χ0) is 18.1. The van der Waals surface area contributed by atoms with Crippen LogP contribution in [0.2, 0.25) is 0 Å². The molecule has 1 fully saturated rings. The molecular formula is C18H16F2N4OS. The zero-order valence-electron chi connectivity index (χ0n) is 13.8. The Balaban J connectivity index is 1.62. The van der Waals surface area contributed by atoms with Crippen LogP contribution in [0.4, 0.5) is 14.7 Å². The lowest BCUT2D eigenvalue weighted by Gasteiger charge is -2.15. The summed E-state index contributed by atoms with van der Waals surface area (Å²) in [7, 11) is 0. The van der Waals surface area contributed by atoms with Crippen molar-refractivity contribution in [3.8, 4) is 0 Å². The predicted molar refractivity (Wildman–Crippen MR) is 96.2 cm³/mol. The van der Waals surface area contributed by atoms with Crippen LogP contribution in [0.5, 0.6) is 0 Å². The Morgan fingerprint density at radius 1 is 1.15 bits per heavy atom. The van der Waals surface area contributed by atoms with Gasteiger partial charge in [-0.25, -0.2) is 18.7 Å². The summed E-state index contributed by atoms with van der Waals surface area (Å²) in [6.45, 7) is 1.63. The number of thiophene rings is 1. The van der Waals surface area contributed by atoms with Gasteiger partial charge in [0.25, 0.3) is 5.91 Å². The summed E-state index contributed by atoms with van der Waals surface area (Å²) in [4.78, 5) is 23.4. The fraction of sp³-hybridized carbons (Fsp3) is 0.278. The van der Waals surface area contributed by atoms with Gasteiger partial charge in [-0.2, -0.15) is 0 Å². The second-order valence-corrected chi connectivity index (χ2v) is 7.08. The minimum atomic E-state index is -0.638. The molecule has 1 aromatic carbocycles. The van der Waals surface area contributed by atoms with Crippen LogP contribution in [-0.2, 0) is 6.54 Å². The van der Waals surface area contributed by atoms with Gasteiger partial charge in [-0.3, -0.25) is 4.79 Å². The number of hydrogen-bond acceptors (Lipinski definition) is 5. The second kappa shape index (κ2) is 6.95. The van der Waals surface area contributed by atoms with E-state index in [-0.39, 0.29) is 18.4 Å². The van der Waals surface area contributed by atoms with Gasteiger partial charge in [0, 0.05) is 25.7 Å². The summed E-state index contributed by atoms with van der Waals surface area (Å²) >= 11 is 1.43. The quantitative estimate of drug-likeness (QED) is 0.754. The van der Waals surface area contributed by atoms with Gasteiger partial charge in [0.2, 0.25) is 5.95 Å². The predicted octanol–water partition coefficient (Wildman–Crippen LogP) is 3.82. The monoisotopic (exact) mass is 374 g/mol. The number of nitrogens with zero attached hydrogens (tertiary/aromatic N) is 3. The lowest BCUT2D eigenvalue weighted by atomic mass is 10.2. The van der Waals surface area contributed by atoms with Gasteiger partial charge in [0.05, 0.1) is 10.2 Å². The number of amides is 1. The molecule has 8 heteroatoms. The maximum absolute atomic E-state index is 13.3. The molecule has 0 saturated carbocycles. The molecule has 1 aliphatic rings. The van der Waals surface area contributed by atoms with Crippen molar-refractivity contribution in [1.82, 2.24) is 14.9 Å². The summed E-state index contributed by atoms with van der Waals surface area (Å²) in [6, 6.07) is 5.14. The molecule has 1 saturated heterocycles. The minimum absolute atomic E-state index is 0.0998. The molecule has 1 aliphatic heterocycles. The average Bonchev–Trinajstić information content (AvgIpc) is 3.29. The van der Waals surface area contributed by atoms with Crippen molar-refractivity contribution >= 4 is 33.4 Å². The molecule has 134 valence electrons. The van der Waals surface area contributed by atoms with Crippen LogP contribution >= 0.6 is 11.3 Å². The summed E-state index contributed by atoms with van der Waals surface area (Å²) in [5, 5.41) is 4.83. The number of anilines is 1. The van der Waals surface area contributed by atoms with E-state index in [0.717, 1.165) is 36.7 Å². The zero-order valence-corrected chi connectivity index (χ0v) is 14.7. The van der Waals surface area contributed by atoms with Gasteiger partial charge >= 0.3 is 0 Å². The first-order valence-corrected chi connectivity index (χ1v) is 9.21. The van der Waals surface area contributed by atoms with Gasteiger partial charge in [-0.15, -0.1) is 11.3 Å². The number of halogens is 2. The van der Waals surface area contributed by atoms with Crippen molar-refractivity contribution in [3.05, 3.63) is 52.5 Å². The third-order valence-electron chi connectivity index (χ3n) is 4.27. The fourth-order valence-electron chi connectivity index (χ4n) is 3.05. The minimum Gasteiger partial charge on any atom is -0.350 e. The van der Waals surface area contributed by atoms with E-state index in [9.17, 15) is 13.6 Å². The van der Waals surface area contributed by atoms with E-state index in [0.29, 0.717) is 16.8 Å². The molecule has 1 N–H and O–H groups in total. The van der Waals surface area contributed by atoms with Crippen molar-refractivity contribution in [2.75, 3.05) is 18.4 Å². The molecule has 0 bridgehead atoms. The number of aromatic nitrogens is 2. The van der Waals surface area contributed by atoms with Crippen LogP contribution in [0, 0.1) is 11.6 Å². The lowest BCUT2D eigenvalue weighted by Crippen LogP contribution is -2.28. The van der Waals surface area contributed by atoms with Crippen LogP contribution in [0.1, 0.15) is 28.9 Å². The summed E-state index contributed by atoms with van der Waals surface area (Å²) in [5.74, 6) is -1.11. The smallest absolute Gasteiger partial charge is 0.274 e. The Morgan fingerprint density at radius 3 is 2.62 bits per heavy atom. The Bertz CT molecular complexity index is 949. The van der Waals surface area contributed by atoms with Gasteiger partial charge in [0.1, 0.15) is 11.6 Å². The molecule has 0 aliphatic carbocycles. The van der Waals surface area contributed by atoms with Gasteiger partial charge in [0.15, 0.2) is 5.69 Å². The number of rotatable bonds is 4. The molecule has 2 aromatic heterocycles. The summed E-state index contributed by atoms with van der Waals surface area (Å²) in [6.07, 6.45) is 2.00. The first kappa shape index (κ1) is 16.8. The van der Waals surface area contributed by atoms with E-state index in [1.807, 2.05) is 11.4 Å². The highest BCUT2D eigenvalue weighted by atomic mass is 32.1. The molecule has 0 radical (unpaired) electrons. The molecule has 1 amide bonds. The number of benzene rings is 1. The van der Waals surface area contributed by atoms with Crippen molar-refractivity contribution in [2.24, 2.45) is 0 Å². The van der Waals surface area contributed by atoms with E-state index >= 15 is 0 Å². The number of hydrogen-bond donors (Lipinski definition) is 1. The van der Waals surface area contributed by atoms with E-state index in [2.05, 4.69) is 15.3 Å². The molecular weight excluding hydrogens is 358 g/mol. The van der Waals surface area contributed by atoms with Gasteiger partial charge in [-0.05, 0) is 42.0 Å². The lowest BCUT2D eigenvalue weighted by molar-refractivity contribution is 0.0789. The average molecular weight is 374 g/mol. The van der Waals surface area contributed by atoms with Crippen LogP contribution in [0.15, 0.2) is 29.6 Å². The maximum atomic E-state index is 13.3. The van der Waals surface area contributed by atoms with E-state index in [1.165, 1.54) is 23.5 Å². The molecule has 0 atom stereocenters. The van der Waals surface area contributed by atoms with Crippen LogP contribution in [-0.4, -0.2) is 33.9 Å². The normalized spacial score (nSPS) is 14.2. The van der Waals surface area contributed by atoms with E-state index in [4.69, 9.17) is 0 Å². The van der Waals surface area contributed by atoms with E-state index < -0.39 is 11.6 Å². The van der Waals surface area contributed by atoms with Crippen molar-refractivity contribution in [2.45, 2.75) is 19.4 Å². The van der Waals surface area contributed by atoms with Gasteiger partial charge < -0.3 is 10.2 Å². The first-order chi connectivity index (χ1) is 12.6. The Labute approximate surface area is 152 Å². The molecule has 4 rings (SSSR count). The Morgan fingerprint density at radius 2 is 1.88 bits per heavy atom. The Kier molecular flexibility index (Phi) is 4.50. The number of carbonyl (C=O) groups is 1. The standard InChI is InChI=1S/C18H16F2N4OS/c19-12-7-11(8-13(20)9-12)10-21-18-22-14-3-6-26-16(14)15(23-18)17(25)24-4-1-2-5-24/h3,6-9H,1-2,4-5,10H2,(H,21,22,23). The van der Waals surface area contributed by atoms with E-state index in [1.54, 1.807) is 4.90 Å². The highest BCUT2D eigenvalue weighted by Gasteiger charge is 2.24. The SMILES string of the molecule is O=C(c1nc(NCc2cc(F)cc(F)c2)nc2ccsc12)N1CCCC1. The van der Waals surface area contributed by atoms with Crippen LogP contribution < -0.4 is 5.32 Å². The molecule has 3 heterocycles. The number of likely N-dealkylation sites (tertiary alicyclic amines) is 1. The van der Waals surface area contributed by atoms with Gasteiger partial charge in [-0.1, -0.05) is 0 Å². The molecule has 0 unspecified atom stereocenters. The maximum Gasteiger partial charge on any atom is 0.274 e. The van der Waals surface area contributed by atoms with Crippen LogP contribution in [0.25, 0.3) is 10.2 Å². The van der Waals surface area contributed by atoms with Crippen molar-refractivity contribution in [1.29, 1.82) is 0 Å². The number of carbonyl (C=O) groups excluding carboxylic acids is 1. The second-order valence-electron chi connectivity index (χ2n) is 6.16. The number of fused-ring (bicyclic) bond motifs is 1. The van der Waals surface area contributed by atoms with Crippen LogP contribution in [0.3, 0.4) is 0 Å². The molecule has 5 nitrogen and oxygen atoms in total. The first-order valence-electron chi connectivity index (χ1n) is 8.33. The summed E-state index contributed by atoms with van der Waals surface area (Å²) < 4.78 is 27.4. The molecule has 0 spiro atoms. The van der Waals surface area contributed by atoms with Crippen molar-refractivity contribution in [3.63, 3.8) is 0 Å². The Hall–Kier alpha value is -2.61. The van der Waals surface area contributed by atoms with Crippen molar-refractivity contribution < 1.29 is 13.6 Å². The highest BCUT2D eigenvalue weighted by molar-refractivity contribution is 7.17. The fourth-order valence-corrected chi connectivity index (χ4v) is 3.86.